The number of rotatable bonds is 5. The summed E-state index contributed by atoms with van der Waals surface area (Å²) in [4.78, 5) is 12.3. The molecule has 4 aromatic rings. The molecule has 0 amide bonds. The van der Waals surface area contributed by atoms with E-state index >= 15 is 0 Å². The van der Waals surface area contributed by atoms with E-state index in [9.17, 15) is 0 Å². The summed E-state index contributed by atoms with van der Waals surface area (Å²) >= 11 is 0. The van der Waals surface area contributed by atoms with E-state index in [1.54, 1.807) is 20.4 Å². The SMILES string of the molecule is CCc1c(-c2ccc(OC)c(OC)c2)[nH]c2cnc(-c3nnco3)nc12. The summed E-state index contributed by atoms with van der Waals surface area (Å²) in [5, 5.41) is 7.55. The van der Waals surface area contributed by atoms with E-state index in [-0.39, 0.29) is 0 Å². The van der Waals surface area contributed by atoms with Gasteiger partial charge in [0.2, 0.25) is 12.2 Å². The highest BCUT2D eigenvalue weighted by molar-refractivity contribution is 5.88. The first kappa shape index (κ1) is 16.1. The molecule has 8 nitrogen and oxygen atoms in total. The summed E-state index contributed by atoms with van der Waals surface area (Å²) in [6, 6.07) is 5.81. The third-order valence-electron chi connectivity index (χ3n) is 4.21. The number of hydrogen-bond donors (Lipinski definition) is 1. The van der Waals surface area contributed by atoms with Crippen LogP contribution in [0.1, 0.15) is 12.5 Å². The van der Waals surface area contributed by atoms with Gasteiger partial charge in [0.25, 0.3) is 5.89 Å². The van der Waals surface area contributed by atoms with Crippen molar-refractivity contribution < 1.29 is 13.9 Å². The minimum absolute atomic E-state index is 0.294. The molecule has 1 N–H and O–H groups in total. The lowest BCUT2D eigenvalue weighted by Gasteiger charge is -2.09. The van der Waals surface area contributed by atoms with Crippen molar-refractivity contribution in [2.75, 3.05) is 14.2 Å². The Morgan fingerprint density at radius 3 is 2.69 bits per heavy atom. The number of H-pyrrole nitrogens is 1. The molecule has 0 bridgehead atoms. The van der Waals surface area contributed by atoms with Crippen LogP contribution in [0.2, 0.25) is 0 Å². The maximum absolute atomic E-state index is 5.42. The van der Waals surface area contributed by atoms with E-state index in [4.69, 9.17) is 13.9 Å². The van der Waals surface area contributed by atoms with Crippen LogP contribution in [0.15, 0.2) is 35.2 Å². The quantitative estimate of drug-likeness (QED) is 0.589. The number of nitrogens with one attached hydrogen (secondary N) is 1. The second-order valence-corrected chi connectivity index (χ2v) is 5.60. The Kier molecular flexibility index (Phi) is 4.00. The molecule has 0 saturated heterocycles. The molecule has 26 heavy (non-hydrogen) atoms. The van der Waals surface area contributed by atoms with Gasteiger partial charge in [0, 0.05) is 11.1 Å². The monoisotopic (exact) mass is 351 g/mol. The van der Waals surface area contributed by atoms with E-state index in [0.29, 0.717) is 23.2 Å². The van der Waals surface area contributed by atoms with Gasteiger partial charge >= 0.3 is 0 Å². The van der Waals surface area contributed by atoms with Gasteiger partial charge in [-0.3, -0.25) is 0 Å². The lowest BCUT2D eigenvalue weighted by Crippen LogP contribution is -1.92. The Morgan fingerprint density at radius 1 is 1.15 bits per heavy atom. The number of aromatic nitrogens is 5. The molecule has 0 atom stereocenters. The predicted molar refractivity (Wildman–Crippen MR) is 95.1 cm³/mol. The number of aryl methyl sites for hydroxylation is 1. The second kappa shape index (κ2) is 6.47. The van der Waals surface area contributed by atoms with Crippen LogP contribution in [0.4, 0.5) is 0 Å². The van der Waals surface area contributed by atoms with Crippen molar-refractivity contribution >= 4 is 11.0 Å². The summed E-state index contributed by atoms with van der Waals surface area (Å²) in [5.41, 5.74) is 4.71. The van der Waals surface area contributed by atoms with Crippen molar-refractivity contribution in [1.82, 2.24) is 25.1 Å². The first-order chi connectivity index (χ1) is 12.7. The van der Waals surface area contributed by atoms with Crippen molar-refractivity contribution in [3.63, 3.8) is 0 Å². The van der Waals surface area contributed by atoms with Crippen LogP contribution in [-0.4, -0.2) is 39.4 Å². The van der Waals surface area contributed by atoms with Gasteiger partial charge in [-0.25, -0.2) is 9.97 Å². The number of nitrogens with zero attached hydrogens (tertiary/aromatic N) is 4. The van der Waals surface area contributed by atoms with Crippen LogP contribution in [0.5, 0.6) is 11.5 Å². The molecule has 0 unspecified atom stereocenters. The first-order valence-electron chi connectivity index (χ1n) is 8.11. The third kappa shape index (κ3) is 2.55. The summed E-state index contributed by atoms with van der Waals surface area (Å²) in [6.45, 7) is 2.08. The Morgan fingerprint density at radius 2 is 2.00 bits per heavy atom. The van der Waals surface area contributed by atoms with Crippen molar-refractivity contribution in [2.45, 2.75) is 13.3 Å². The van der Waals surface area contributed by atoms with E-state index in [2.05, 4.69) is 32.1 Å². The normalized spacial score (nSPS) is 11.0. The fraction of sp³-hybridized carbons (Fsp3) is 0.222. The van der Waals surface area contributed by atoms with Crippen LogP contribution < -0.4 is 9.47 Å². The molecule has 0 aliphatic heterocycles. The first-order valence-corrected chi connectivity index (χ1v) is 8.11. The lowest BCUT2D eigenvalue weighted by atomic mass is 10.0. The molecule has 132 valence electrons. The maximum atomic E-state index is 5.42. The molecule has 0 spiro atoms. The van der Waals surface area contributed by atoms with E-state index in [1.807, 2.05) is 18.2 Å². The zero-order valence-electron chi connectivity index (χ0n) is 14.6. The van der Waals surface area contributed by atoms with Crippen LogP contribution in [0, 0.1) is 0 Å². The standard InChI is InChI=1S/C18H17N5O3/c1-4-11-15(10-5-6-13(24-2)14(7-10)25-3)21-12-8-19-17(22-16(11)12)18-23-20-9-26-18/h5-9,21H,4H2,1-3H3. The van der Waals surface area contributed by atoms with Gasteiger partial charge in [-0.2, -0.15) is 0 Å². The molecule has 4 rings (SSSR count). The average molecular weight is 351 g/mol. The van der Waals surface area contributed by atoms with Crippen LogP contribution >= 0.6 is 0 Å². The van der Waals surface area contributed by atoms with Gasteiger partial charge in [0.05, 0.1) is 37.1 Å². The highest BCUT2D eigenvalue weighted by Crippen LogP contribution is 2.35. The van der Waals surface area contributed by atoms with E-state index in [1.165, 1.54) is 6.39 Å². The second-order valence-electron chi connectivity index (χ2n) is 5.60. The van der Waals surface area contributed by atoms with Crippen molar-refractivity contribution in [2.24, 2.45) is 0 Å². The predicted octanol–water partition coefficient (Wildman–Crippen LogP) is 3.25. The third-order valence-corrected chi connectivity index (χ3v) is 4.21. The van der Waals surface area contributed by atoms with Gasteiger partial charge in [-0.05, 0) is 24.6 Å². The molecule has 3 heterocycles. The largest absolute Gasteiger partial charge is 0.493 e. The van der Waals surface area contributed by atoms with Crippen LogP contribution in [-0.2, 0) is 6.42 Å². The maximum Gasteiger partial charge on any atom is 0.285 e. The number of ether oxygens (including phenoxy) is 2. The van der Waals surface area contributed by atoms with Crippen LogP contribution in [0.3, 0.4) is 0 Å². The smallest absolute Gasteiger partial charge is 0.285 e. The summed E-state index contributed by atoms with van der Waals surface area (Å²) in [6.07, 6.45) is 3.78. The highest BCUT2D eigenvalue weighted by atomic mass is 16.5. The Balaban J connectivity index is 1.88. The Labute approximate surface area is 149 Å². The van der Waals surface area contributed by atoms with Gasteiger partial charge < -0.3 is 18.9 Å². The summed E-state index contributed by atoms with van der Waals surface area (Å²) in [5.74, 6) is 2.05. The summed E-state index contributed by atoms with van der Waals surface area (Å²) < 4.78 is 15.9. The fourth-order valence-electron chi connectivity index (χ4n) is 2.99. The molecule has 0 saturated carbocycles. The number of fused-ring (bicyclic) bond motifs is 1. The zero-order valence-corrected chi connectivity index (χ0v) is 14.6. The van der Waals surface area contributed by atoms with Crippen LogP contribution in [0.25, 0.3) is 34.0 Å². The molecule has 1 aromatic carbocycles. The molecular formula is C18H17N5O3. The lowest BCUT2D eigenvalue weighted by molar-refractivity contribution is 0.355. The number of methoxy groups -OCH3 is 2. The molecular weight excluding hydrogens is 334 g/mol. The van der Waals surface area contributed by atoms with E-state index in [0.717, 1.165) is 34.3 Å². The summed E-state index contributed by atoms with van der Waals surface area (Å²) in [7, 11) is 3.24. The number of benzene rings is 1. The van der Waals surface area contributed by atoms with Gasteiger partial charge in [0.1, 0.15) is 0 Å². The van der Waals surface area contributed by atoms with Gasteiger partial charge in [0.15, 0.2) is 11.5 Å². The Hall–Kier alpha value is -3.42. The minimum Gasteiger partial charge on any atom is -0.493 e. The fourth-order valence-corrected chi connectivity index (χ4v) is 2.99. The van der Waals surface area contributed by atoms with Crippen molar-refractivity contribution in [3.8, 4) is 34.5 Å². The minimum atomic E-state index is 0.294. The number of hydrogen-bond acceptors (Lipinski definition) is 7. The molecule has 8 heteroatoms. The molecule has 0 aliphatic carbocycles. The zero-order chi connectivity index (χ0) is 18.1. The molecule has 0 aliphatic rings. The van der Waals surface area contributed by atoms with E-state index < -0.39 is 0 Å². The highest BCUT2D eigenvalue weighted by Gasteiger charge is 2.17. The van der Waals surface area contributed by atoms with Gasteiger partial charge in [-0.1, -0.05) is 6.92 Å². The Bertz CT molecular complexity index is 1060. The molecule has 0 fully saturated rings. The van der Waals surface area contributed by atoms with Gasteiger partial charge in [-0.15, -0.1) is 10.2 Å². The molecule has 0 radical (unpaired) electrons. The van der Waals surface area contributed by atoms with Crippen molar-refractivity contribution in [3.05, 3.63) is 36.4 Å². The van der Waals surface area contributed by atoms with Crippen molar-refractivity contribution in [1.29, 1.82) is 0 Å². The average Bonchev–Trinajstić information content (AvgIpc) is 3.34. The molecule has 3 aromatic heterocycles. The number of aromatic amines is 1. The topological polar surface area (TPSA) is 99.0 Å².